The van der Waals surface area contributed by atoms with Gasteiger partial charge in [-0.05, 0) is 37.3 Å². The van der Waals surface area contributed by atoms with Crippen molar-refractivity contribution in [2.75, 3.05) is 18.2 Å². The van der Waals surface area contributed by atoms with Gasteiger partial charge in [0.1, 0.15) is 11.5 Å². The average Bonchev–Trinajstić information content (AvgIpc) is 3.10. The largest absolute Gasteiger partial charge is 0.495 e. The number of thioether (sulfide) groups is 1. The van der Waals surface area contributed by atoms with Crippen LogP contribution in [0.4, 0.5) is 5.69 Å². The summed E-state index contributed by atoms with van der Waals surface area (Å²) in [6.07, 6.45) is -0.438. The van der Waals surface area contributed by atoms with E-state index < -0.39 is 6.10 Å². The van der Waals surface area contributed by atoms with Gasteiger partial charge in [-0.3, -0.25) is 4.79 Å². The summed E-state index contributed by atoms with van der Waals surface area (Å²) in [5.74, 6) is 1.44. The van der Waals surface area contributed by atoms with Crippen molar-refractivity contribution in [3.8, 4) is 11.5 Å². The number of benzene rings is 2. The second-order valence-electron chi connectivity index (χ2n) is 6.42. The molecular weight excluding hydrogens is 483 g/mol. The van der Waals surface area contributed by atoms with Gasteiger partial charge in [0.2, 0.25) is 5.91 Å². The first kappa shape index (κ1) is 23.5. The van der Waals surface area contributed by atoms with Crippen molar-refractivity contribution in [2.45, 2.75) is 18.2 Å². The van der Waals surface area contributed by atoms with Crippen LogP contribution in [0.25, 0.3) is 0 Å². The van der Waals surface area contributed by atoms with Crippen molar-refractivity contribution in [1.29, 1.82) is 0 Å². The van der Waals surface area contributed by atoms with E-state index in [2.05, 4.69) is 15.5 Å². The number of amides is 1. The molecule has 2 aromatic carbocycles. The lowest BCUT2D eigenvalue weighted by Crippen LogP contribution is -2.15. The number of nitrogens with zero attached hydrogens (tertiary/aromatic N) is 3. The van der Waals surface area contributed by atoms with Crippen molar-refractivity contribution in [2.24, 2.45) is 7.05 Å². The molecule has 0 aliphatic rings. The zero-order chi connectivity index (χ0) is 22.5. The minimum atomic E-state index is -0.438. The monoisotopic (exact) mass is 500 g/mol. The fourth-order valence-corrected chi connectivity index (χ4v) is 3.93. The minimum Gasteiger partial charge on any atom is -0.495 e. The third-order valence-electron chi connectivity index (χ3n) is 4.20. The molecule has 1 aromatic heterocycles. The topological polar surface area (TPSA) is 78.3 Å². The summed E-state index contributed by atoms with van der Waals surface area (Å²) in [4.78, 5) is 12.4. The molecule has 0 fully saturated rings. The van der Waals surface area contributed by atoms with Crippen molar-refractivity contribution in [3.05, 3.63) is 57.3 Å². The van der Waals surface area contributed by atoms with Crippen LogP contribution in [0.15, 0.2) is 41.6 Å². The third-order valence-corrected chi connectivity index (χ3v) is 6.00. The van der Waals surface area contributed by atoms with Crippen LogP contribution in [-0.4, -0.2) is 33.5 Å². The molecule has 164 valence electrons. The highest BCUT2D eigenvalue weighted by Crippen LogP contribution is 2.32. The number of nitrogens with one attached hydrogen (secondary N) is 1. The molecule has 0 aliphatic heterocycles. The summed E-state index contributed by atoms with van der Waals surface area (Å²) >= 11 is 19.4. The predicted molar refractivity (Wildman–Crippen MR) is 124 cm³/mol. The Bertz CT molecular complexity index is 1090. The van der Waals surface area contributed by atoms with Gasteiger partial charge in [0.05, 0.1) is 23.6 Å². The molecule has 1 amide bonds. The first-order valence-corrected chi connectivity index (χ1v) is 11.2. The molecule has 3 aromatic rings. The summed E-state index contributed by atoms with van der Waals surface area (Å²) in [6, 6.07) is 9.99. The van der Waals surface area contributed by atoms with E-state index in [1.54, 1.807) is 48.0 Å². The van der Waals surface area contributed by atoms with Gasteiger partial charge in [0.15, 0.2) is 17.1 Å². The number of hydrogen-bond acceptors (Lipinski definition) is 6. The summed E-state index contributed by atoms with van der Waals surface area (Å²) in [5, 5.41) is 13.2. The Hall–Kier alpha value is -2.13. The first-order valence-electron chi connectivity index (χ1n) is 9.05. The molecule has 3 rings (SSSR count). The Morgan fingerprint density at radius 1 is 1.13 bits per heavy atom. The fraction of sp³-hybridized carbons (Fsp3) is 0.250. The van der Waals surface area contributed by atoms with Gasteiger partial charge < -0.3 is 19.4 Å². The summed E-state index contributed by atoms with van der Waals surface area (Å²) in [6.45, 7) is 1.83. The van der Waals surface area contributed by atoms with E-state index in [-0.39, 0.29) is 11.7 Å². The Morgan fingerprint density at radius 3 is 2.58 bits per heavy atom. The molecule has 11 heteroatoms. The Morgan fingerprint density at radius 2 is 1.84 bits per heavy atom. The van der Waals surface area contributed by atoms with E-state index in [4.69, 9.17) is 44.3 Å². The van der Waals surface area contributed by atoms with Crippen LogP contribution in [0.5, 0.6) is 11.5 Å². The number of carbonyl (C=O) groups excluding carboxylic acids is 1. The van der Waals surface area contributed by atoms with Crippen LogP contribution in [-0.2, 0) is 11.8 Å². The molecule has 0 saturated heterocycles. The van der Waals surface area contributed by atoms with Crippen LogP contribution in [0.3, 0.4) is 0 Å². The molecule has 0 bridgehead atoms. The molecule has 0 aliphatic carbocycles. The Labute approximate surface area is 199 Å². The number of ether oxygens (including phenoxy) is 2. The standard InChI is InChI=1S/C20H19Cl3N4O3S/c1-11(30-17-9-13(22)4-6-14(17)23)19-25-26-20(27(19)2)31-10-18(28)24-15-8-12(21)5-7-16(15)29-3/h4-9,11H,10H2,1-3H3,(H,24,28). The van der Waals surface area contributed by atoms with E-state index in [0.717, 1.165) is 0 Å². The van der Waals surface area contributed by atoms with E-state index >= 15 is 0 Å². The highest BCUT2D eigenvalue weighted by atomic mass is 35.5. The molecule has 0 radical (unpaired) electrons. The molecule has 0 spiro atoms. The predicted octanol–water partition coefficient (Wildman–Crippen LogP) is 5.65. The number of aromatic nitrogens is 3. The van der Waals surface area contributed by atoms with Gasteiger partial charge in [-0.25, -0.2) is 0 Å². The second kappa shape index (κ2) is 10.5. The maximum absolute atomic E-state index is 12.4. The molecule has 1 unspecified atom stereocenters. The second-order valence-corrected chi connectivity index (χ2v) is 8.64. The molecule has 1 atom stereocenters. The molecule has 31 heavy (non-hydrogen) atoms. The molecule has 1 heterocycles. The average molecular weight is 502 g/mol. The minimum absolute atomic E-state index is 0.122. The molecule has 1 N–H and O–H groups in total. The maximum Gasteiger partial charge on any atom is 0.234 e. The first-order chi connectivity index (χ1) is 14.8. The molecule has 0 saturated carbocycles. The summed E-state index contributed by atoms with van der Waals surface area (Å²) in [7, 11) is 3.32. The van der Waals surface area contributed by atoms with Gasteiger partial charge in [-0.1, -0.05) is 46.6 Å². The number of hydrogen-bond donors (Lipinski definition) is 1. The van der Waals surface area contributed by atoms with Crippen LogP contribution in [0.2, 0.25) is 15.1 Å². The normalized spacial score (nSPS) is 11.8. The fourth-order valence-electron chi connectivity index (χ4n) is 2.71. The maximum atomic E-state index is 12.4. The van der Waals surface area contributed by atoms with E-state index in [0.29, 0.717) is 43.2 Å². The van der Waals surface area contributed by atoms with Crippen molar-refractivity contribution in [1.82, 2.24) is 14.8 Å². The van der Waals surface area contributed by atoms with E-state index in [1.807, 2.05) is 6.92 Å². The van der Waals surface area contributed by atoms with Crippen molar-refractivity contribution < 1.29 is 14.3 Å². The Balaban J connectivity index is 1.63. The van der Waals surface area contributed by atoms with Gasteiger partial charge in [-0.15, -0.1) is 10.2 Å². The number of halogens is 3. The third kappa shape index (κ3) is 5.98. The van der Waals surface area contributed by atoms with Crippen LogP contribution in [0.1, 0.15) is 18.9 Å². The van der Waals surface area contributed by atoms with Gasteiger partial charge in [-0.2, -0.15) is 0 Å². The van der Waals surface area contributed by atoms with Gasteiger partial charge >= 0.3 is 0 Å². The Kier molecular flexibility index (Phi) is 7.94. The SMILES string of the molecule is COc1ccc(Cl)cc1NC(=O)CSc1nnc(C(C)Oc2cc(Cl)ccc2Cl)n1C. The highest BCUT2D eigenvalue weighted by Gasteiger charge is 2.19. The molecule has 7 nitrogen and oxygen atoms in total. The lowest BCUT2D eigenvalue weighted by atomic mass is 10.3. The van der Waals surface area contributed by atoms with Gasteiger partial charge in [0, 0.05) is 23.2 Å². The van der Waals surface area contributed by atoms with Gasteiger partial charge in [0.25, 0.3) is 0 Å². The van der Waals surface area contributed by atoms with Crippen molar-refractivity contribution >= 4 is 58.2 Å². The molecular formula is C20H19Cl3N4O3S. The van der Waals surface area contributed by atoms with Crippen LogP contribution in [0, 0.1) is 0 Å². The summed E-state index contributed by atoms with van der Waals surface area (Å²) < 4.78 is 12.9. The van der Waals surface area contributed by atoms with Crippen LogP contribution >= 0.6 is 46.6 Å². The lowest BCUT2D eigenvalue weighted by Gasteiger charge is -2.15. The zero-order valence-corrected chi connectivity index (χ0v) is 19.9. The highest BCUT2D eigenvalue weighted by molar-refractivity contribution is 7.99. The smallest absolute Gasteiger partial charge is 0.234 e. The number of carbonyl (C=O) groups is 1. The van der Waals surface area contributed by atoms with E-state index in [1.165, 1.54) is 18.9 Å². The number of methoxy groups -OCH3 is 1. The quantitative estimate of drug-likeness (QED) is 0.402. The van der Waals surface area contributed by atoms with Crippen molar-refractivity contribution in [3.63, 3.8) is 0 Å². The lowest BCUT2D eigenvalue weighted by molar-refractivity contribution is -0.113. The van der Waals surface area contributed by atoms with E-state index in [9.17, 15) is 4.79 Å². The zero-order valence-electron chi connectivity index (χ0n) is 16.9. The summed E-state index contributed by atoms with van der Waals surface area (Å²) in [5.41, 5.74) is 0.500. The van der Waals surface area contributed by atoms with Crippen LogP contribution < -0.4 is 14.8 Å². The number of anilines is 1. The number of rotatable bonds is 8.